The fourth-order valence-electron chi connectivity index (χ4n) is 5.41. The molecule has 2 nitrogen and oxygen atoms in total. The Hall–Kier alpha value is -1.45. The van der Waals surface area contributed by atoms with Crippen molar-refractivity contribution in [1.82, 2.24) is 9.47 Å². The molecule has 2 heterocycles. The van der Waals surface area contributed by atoms with E-state index in [9.17, 15) is 0 Å². The molecule has 1 fully saturated rings. The molecule has 31 heavy (non-hydrogen) atoms. The molecule has 1 aliphatic carbocycles. The molecule has 0 saturated heterocycles. The first kappa shape index (κ1) is 22.7. The average Bonchev–Trinajstić information content (AvgIpc) is 3.07. The van der Waals surface area contributed by atoms with E-state index in [0.717, 1.165) is 41.3 Å². The molecule has 1 aromatic heterocycles. The van der Waals surface area contributed by atoms with Crippen molar-refractivity contribution in [2.45, 2.75) is 58.0 Å². The molecule has 0 N–H and O–H groups in total. The summed E-state index contributed by atoms with van der Waals surface area (Å²) in [6, 6.07) is 17.2. The second-order valence-electron chi connectivity index (χ2n) is 8.70. The highest BCUT2D eigenvalue weighted by atomic mass is 35.5. The van der Waals surface area contributed by atoms with E-state index in [0.29, 0.717) is 0 Å². The zero-order chi connectivity index (χ0) is 20.7. The molecule has 0 radical (unpaired) electrons. The summed E-state index contributed by atoms with van der Waals surface area (Å²) in [6.07, 6.45) is 7.92. The molecule has 0 spiro atoms. The minimum atomic E-state index is 0. The minimum absolute atomic E-state index is 0. The molecule has 0 bridgehead atoms. The number of para-hydroxylation sites is 1. The molecule has 0 amide bonds. The number of nitrogens with zero attached hydrogens (tertiary/aromatic N) is 2. The SMILES string of the molecule is Cc1c2c(n(-c3ccccc3Cl)c1-c1ccc(Cl)cc1)CCN(C1CCCCC1)C2.Cl. The minimum Gasteiger partial charge on any atom is -0.311 e. The van der Waals surface area contributed by atoms with Gasteiger partial charge in [-0.2, -0.15) is 0 Å². The third-order valence-corrected chi connectivity index (χ3v) is 7.52. The fourth-order valence-corrected chi connectivity index (χ4v) is 5.76. The van der Waals surface area contributed by atoms with Crippen molar-refractivity contribution in [3.8, 4) is 16.9 Å². The number of fused-ring (bicyclic) bond motifs is 1. The first-order chi connectivity index (χ1) is 14.6. The van der Waals surface area contributed by atoms with Crippen molar-refractivity contribution in [2.75, 3.05) is 6.54 Å². The third kappa shape index (κ3) is 4.28. The number of halogens is 3. The van der Waals surface area contributed by atoms with Crippen LogP contribution < -0.4 is 0 Å². The van der Waals surface area contributed by atoms with E-state index in [1.807, 2.05) is 24.3 Å². The molecular formula is C26H29Cl3N2. The van der Waals surface area contributed by atoms with Crippen molar-refractivity contribution in [3.63, 3.8) is 0 Å². The average molecular weight is 476 g/mol. The van der Waals surface area contributed by atoms with Crippen LogP contribution in [0.5, 0.6) is 0 Å². The van der Waals surface area contributed by atoms with Gasteiger partial charge in [0, 0.05) is 36.3 Å². The Balaban J connectivity index is 0.00000231. The molecule has 164 valence electrons. The zero-order valence-corrected chi connectivity index (χ0v) is 20.2. The summed E-state index contributed by atoms with van der Waals surface area (Å²) in [5.41, 5.74) is 7.77. The van der Waals surface area contributed by atoms with Crippen LogP contribution in [0, 0.1) is 6.92 Å². The zero-order valence-electron chi connectivity index (χ0n) is 17.9. The molecule has 5 heteroatoms. The van der Waals surface area contributed by atoms with E-state index in [-0.39, 0.29) is 12.4 Å². The summed E-state index contributed by atoms with van der Waals surface area (Å²) in [5, 5.41) is 1.56. The van der Waals surface area contributed by atoms with Crippen LogP contribution in [-0.2, 0) is 13.0 Å². The van der Waals surface area contributed by atoms with E-state index < -0.39 is 0 Å². The van der Waals surface area contributed by atoms with E-state index in [1.54, 1.807) is 0 Å². The van der Waals surface area contributed by atoms with Crippen molar-refractivity contribution >= 4 is 35.6 Å². The number of hydrogen-bond acceptors (Lipinski definition) is 1. The molecular weight excluding hydrogens is 447 g/mol. The Morgan fingerprint density at radius 2 is 1.61 bits per heavy atom. The van der Waals surface area contributed by atoms with Crippen molar-refractivity contribution < 1.29 is 0 Å². The van der Waals surface area contributed by atoms with E-state index in [2.05, 4.69) is 40.7 Å². The standard InChI is InChI=1S/C26H28Cl2N2.ClH/c1-18-22-17-29(21-7-3-2-4-8-21)16-15-24(22)30(25-10-6-5-9-23(25)28)26(18)19-11-13-20(27)14-12-19;/h5-6,9-14,21H,2-4,7-8,15-17H2,1H3;1H. The summed E-state index contributed by atoms with van der Waals surface area (Å²) in [6.45, 7) is 4.45. The number of rotatable bonds is 3. The quantitative estimate of drug-likeness (QED) is 0.374. The largest absolute Gasteiger partial charge is 0.311 e. The normalized spacial score (nSPS) is 17.3. The van der Waals surface area contributed by atoms with Gasteiger partial charge in [-0.15, -0.1) is 12.4 Å². The summed E-state index contributed by atoms with van der Waals surface area (Å²) < 4.78 is 2.41. The summed E-state index contributed by atoms with van der Waals surface area (Å²) in [5.74, 6) is 0. The molecule has 2 aromatic carbocycles. The second-order valence-corrected chi connectivity index (χ2v) is 9.55. The van der Waals surface area contributed by atoms with Gasteiger partial charge in [-0.1, -0.05) is 66.7 Å². The summed E-state index contributed by atoms with van der Waals surface area (Å²) >= 11 is 12.9. The molecule has 0 unspecified atom stereocenters. The van der Waals surface area contributed by atoms with Crippen LogP contribution in [0.15, 0.2) is 48.5 Å². The second kappa shape index (κ2) is 9.58. The first-order valence-electron chi connectivity index (χ1n) is 11.1. The molecule has 1 saturated carbocycles. The van der Waals surface area contributed by atoms with Gasteiger partial charge in [0.1, 0.15) is 0 Å². The maximum Gasteiger partial charge on any atom is 0.0646 e. The number of benzene rings is 2. The van der Waals surface area contributed by atoms with E-state index in [1.165, 1.54) is 60.2 Å². The van der Waals surface area contributed by atoms with Crippen molar-refractivity contribution in [1.29, 1.82) is 0 Å². The fraction of sp³-hybridized carbons (Fsp3) is 0.385. The van der Waals surface area contributed by atoms with Gasteiger partial charge in [-0.25, -0.2) is 0 Å². The van der Waals surface area contributed by atoms with Crippen LogP contribution in [0.4, 0.5) is 0 Å². The molecule has 5 rings (SSSR count). The predicted octanol–water partition coefficient (Wildman–Crippen LogP) is 7.87. The lowest BCUT2D eigenvalue weighted by molar-refractivity contribution is 0.140. The molecule has 1 aliphatic heterocycles. The summed E-state index contributed by atoms with van der Waals surface area (Å²) in [7, 11) is 0. The molecule has 0 atom stereocenters. The maximum absolute atomic E-state index is 6.69. The van der Waals surface area contributed by atoms with Gasteiger partial charge in [0.25, 0.3) is 0 Å². The first-order valence-corrected chi connectivity index (χ1v) is 11.9. The van der Waals surface area contributed by atoms with Gasteiger partial charge in [-0.05, 0) is 60.7 Å². The third-order valence-electron chi connectivity index (χ3n) is 6.95. The highest BCUT2D eigenvalue weighted by Gasteiger charge is 2.31. The maximum atomic E-state index is 6.69. The lowest BCUT2D eigenvalue weighted by Gasteiger charge is -2.37. The van der Waals surface area contributed by atoms with Crippen LogP contribution >= 0.6 is 35.6 Å². The van der Waals surface area contributed by atoms with Crippen LogP contribution in [0.1, 0.15) is 48.9 Å². The lowest BCUT2D eigenvalue weighted by atomic mass is 9.92. The van der Waals surface area contributed by atoms with Gasteiger partial charge in [0.2, 0.25) is 0 Å². The van der Waals surface area contributed by atoms with Crippen molar-refractivity contribution in [2.24, 2.45) is 0 Å². The van der Waals surface area contributed by atoms with Crippen LogP contribution in [0.25, 0.3) is 16.9 Å². The Bertz CT molecular complexity index is 1050. The van der Waals surface area contributed by atoms with E-state index in [4.69, 9.17) is 23.2 Å². The number of aromatic nitrogens is 1. The Morgan fingerprint density at radius 1 is 0.903 bits per heavy atom. The van der Waals surface area contributed by atoms with Gasteiger partial charge in [0.05, 0.1) is 16.4 Å². The highest BCUT2D eigenvalue weighted by Crippen LogP contribution is 2.40. The lowest BCUT2D eigenvalue weighted by Crippen LogP contribution is -2.40. The van der Waals surface area contributed by atoms with Crippen molar-refractivity contribution in [3.05, 3.63) is 75.4 Å². The Labute approximate surface area is 201 Å². The van der Waals surface area contributed by atoms with Crippen LogP contribution in [-0.4, -0.2) is 22.1 Å². The highest BCUT2D eigenvalue weighted by molar-refractivity contribution is 6.32. The number of hydrogen-bond donors (Lipinski definition) is 0. The predicted molar refractivity (Wildman–Crippen MR) is 134 cm³/mol. The molecule has 3 aromatic rings. The molecule has 2 aliphatic rings. The topological polar surface area (TPSA) is 8.17 Å². The van der Waals surface area contributed by atoms with Gasteiger partial charge in [-0.3, -0.25) is 4.90 Å². The van der Waals surface area contributed by atoms with E-state index >= 15 is 0 Å². The Kier molecular flexibility index (Phi) is 7.03. The van der Waals surface area contributed by atoms with Crippen LogP contribution in [0.3, 0.4) is 0 Å². The van der Waals surface area contributed by atoms with Crippen LogP contribution in [0.2, 0.25) is 10.0 Å². The van der Waals surface area contributed by atoms with Gasteiger partial charge < -0.3 is 4.57 Å². The smallest absolute Gasteiger partial charge is 0.0646 e. The van der Waals surface area contributed by atoms with Gasteiger partial charge >= 0.3 is 0 Å². The Morgan fingerprint density at radius 3 is 2.32 bits per heavy atom. The summed E-state index contributed by atoms with van der Waals surface area (Å²) in [4.78, 5) is 2.73. The van der Waals surface area contributed by atoms with Gasteiger partial charge in [0.15, 0.2) is 0 Å². The monoisotopic (exact) mass is 474 g/mol.